The molecule has 0 saturated carbocycles. The maximum Gasteiger partial charge on any atom is 0.329 e. The number of H-pyrrole nitrogens is 1. The molecule has 0 aliphatic rings. The highest BCUT2D eigenvalue weighted by Gasteiger charge is 2.17. The van der Waals surface area contributed by atoms with E-state index in [-0.39, 0.29) is 5.56 Å². The summed E-state index contributed by atoms with van der Waals surface area (Å²) in [5.41, 5.74) is 1.15. The van der Waals surface area contributed by atoms with Crippen molar-refractivity contribution in [3.8, 4) is 0 Å². The second-order valence-electron chi connectivity index (χ2n) is 5.49. The first-order chi connectivity index (χ1) is 10.5. The minimum Gasteiger partial charge on any atom is -0.313 e. The molecule has 0 radical (unpaired) electrons. The Hall–Kier alpha value is -1.76. The van der Waals surface area contributed by atoms with Crippen LogP contribution in [0.1, 0.15) is 33.1 Å². The lowest BCUT2D eigenvalue weighted by atomic mass is 10.2. The normalized spacial score (nSPS) is 11.2. The summed E-state index contributed by atoms with van der Waals surface area (Å²) in [5, 5.41) is 0.765. The minimum atomic E-state index is -0.438. The molecule has 2 aromatic heterocycles. The van der Waals surface area contributed by atoms with Crippen LogP contribution in [-0.2, 0) is 13.6 Å². The molecule has 0 aliphatic carbocycles. The average molecular weight is 322 g/mol. The summed E-state index contributed by atoms with van der Waals surface area (Å²) in [7, 11) is 1.62. The van der Waals surface area contributed by atoms with Crippen LogP contribution in [0.4, 0.5) is 0 Å². The Labute approximate surface area is 133 Å². The van der Waals surface area contributed by atoms with E-state index < -0.39 is 5.69 Å². The fraction of sp³-hybridized carbons (Fsp3) is 0.533. The summed E-state index contributed by atoms with van der Waals surface area (Å²) in [5.74, 6) is 0.739. The van der Waals surface area contributed by atoms with E-state index in [1.54, 1.807) is 18.8 Å². The third-order valence-electron chi connectivity index (χ3n) is 3.40. The number of thioether (sulfide) groups is 1. The van der Waals surface area contributed by atoms with Gasteiger partial charge in [-0.1, -0.05) is 43.7 Å². The first-order valence-corrected chi connectivity index (χ1v) is 8.41. The SMILES string of the molecule is C=C(C)CSc1nc2c(c(=O)[nH]c(=O)n2C)n1CCCCC. The van der Waals surface area contributed by atoms with E-state index in [1.807, 2.05) is 11.5 Å². The number of aromatic nitrogens is 4. The van der Waals surface area contributed by atoms with Crippen LogP contribution in [0, 0.1) is 0 Å². The number of aromatic amines is 1. The van der Waals surface area contributed by atoms with E-state index >= 15 is 0 Å². The first kappa shape index (κ1) is 16.6. The van der Waals surface area contributed by atoms with Crippen molar-refractivity contribution in [1.29, 1.82) is 0 Å². The quantitative estimate of drug-likeness (QED) is 0.482. The molecular formula is C15H22N4O2S. The van der Waals surface area contributed by atoms with Crippen LogP contribution in [0.15, 0.2) is 26.9 Å². The van der Waals surface area contributed by atoms with Crippen molar-refractivity contribution in [2.24, 2.45) is 7.05 Å². The van der Waals surface area contributed by atoms with Gasteiger partial charge < -0.3 is 4.57 Å². The van der Waals surface area contributed by atoms with Gasteiger partial charge >= 0.3 is 5.69 Å². The predicted molar refractivity (Wildman–Crippen MR) is 90.7 cm³/mol. The average Bonchev–Trinajstić information content (AvgIpc) is 2.82. The number of fused-ring (bicyclic) bond motifs is 1. The van der Waals surface area contributed by atoms with Crippen LogP contribution in [0.2, 0.25) is 0 Å². The van der Waals surface area contributed by atoms with Gasteiger partial charge in [0.1, 0.15) is 0 Å². The Balaban J connectivity index is 2.56. The molecule has 7 heteroatoms. The van der Waals surface area contributed by atoms with Gasteiger partial charge in [-0.25, -0.2) is 9.78 Å². The summed E-state index contributed by atoms with van der Waals surface area (Å²) in [4.78, 5) is 30.8. The van der Waals surface area contributed by atoms with Crippen molar-refractivity contribution in [1.82, 2.24) is 19.1 Å². The molecule has 6 nitrogen and oxygen atoms in total. The molecule has 1 N–H and O–H groups in total. The van der Waals surface area contributed by atoms with Crippen LogP contribution in [0.5, 0.6) is 0 Å². The van der Waals surface area contributed by atoms with Gasteiger partial charge in [0.05, 0.1) is 0 Å². The van der Waals surface area contributed by atoms with Crippen molar-refractivity contribution in [3.63, 3.8) is 0 Å². The fourth-order valence-electron chi connectivity index (χ4n) is 2.24. The van der Waals surface area contributed by atoms with Crippen molar-refractivity contribution in [3.05, 3.63) is 33.0 Å². The second-order valence-corrected chi connectivity index (χ2v) is 6.43. The summed E-state index contributed by atoms with van der Waals surface area (Å²) in [6.07, 6.45) is 3.18. The molecule has 0 saturated heterocycles. The highest BCUT2D eigenvalue weighted by atomic mass is 32.2. The number of nitrogens with one attached hydrogen (secondary N) is 1. The van der Waals surface area contributed by atoms with E-state index in [0.29, 0.717) is 11.2 Å². The monoisotopic (exact) mass is 322 g/mol. The smallest absolute Gasteiger partial charge is 0.313 e. The van der Waals surface area contributed by atoms with Crippen molar-refractivity contribution in [2.75, 3.05) is 5.75 Å². The lowest BCUT2D eigenvalue weighted by molar-refractivity contribution is 0.577. The maximum atomic E-state index is 12.2. The third-order valence-corrected chi connectivity index (χ3v) is 4.61. The molecule has 0 fully saturated rings. The van der Waals surface area contributed by atoms with Crippen LogP contribution in [-0.4, -0.2) is 24.9 Å². The molecule has 2 aromatic rings. The molecule has 2 heterocycles. The molecule has 0 amide bonds. The lowest BCUT2D eigenvalue weighted by Crippen LogP contribution is -2.29. The van der Waals surface area contributed by atoms with E-state index in [4.69, 9.17) is 0 Å². The Morgan fingerprint density at radius 1 is 1.36 bits per heavy atom. The number of nitrogens with zero attached hydrogens (tertiary/aromatic N) is 3. The number of rotatable bonds is 7. The van der Waals surface area contributed by atoms with Crippen LogP contribution < -0.4 is 11.2 Å². The van der Waals surface area contributed by atoms with Gasteiger partial charge in [0.15, 0.2) is 16.3 Å². The number of hydrogen-bond acceptors (Lipinski definition) is 4. The summed E-state index contributed by atoms with van der Waals surface area (Å²) in [6, 6.07) is 0. The molecule has 0 atom stereocenters. The molecule has 0 bridgehead atoms. The molecule has 0 spiro atoms. The van der Waals surface area contributed by atoms with Crippen molar-refractivity contribution in [2.45, 2.75) is 44.8 Å². The summed E-state index contributed by atoms with van der Waals surface area (Å²) in [6.45, 7) is 8.72. The number of aryl methyl sites for hydroxylation is 2. The van der Waals surface area contributed by atoms with Crippen molar-refractivity contribution < 1.29 is 0 Å². The van der Waals surface area contributed by atoms with Gasteiger partial charge in [-0.05, 0) is 13.3 Å². The predicted octanol–water partition coefficient (Wildman–Crippen LogP) is 2.28. The molecule has 0 aromatic carbocycles. The van der Waals surface area contributed by atoms with Gasteiger partial charge in [-0.15, -0.1) is 0 Å². The van der Waals surface area contributed by atoms with E-state index in [9.17, 15) is 9.59 Å². The largest absolute Gasteiger partial charge is 0.329 e. The fourth-order valence-corrected chi connectivity index (χ4v) is 3.10. The Morgan fingerprint density at radius 2 is 2.09 bits per heavy atom. The molecule has 0 aliphatic heterocycles. The Kier molecular flexibility index (Phi) is 5.28. The van der Waals surface area contributed by atoms with Gasteiger partial charge in [-0.3, -0.25) is 14.3 Å². The standard InChI is InChI=1S/C15H22N4O2S/c1-5-6-7-8-19-11-12(16-15(19)22-9-10(2)3)18(4)14(21)17-13(11)20/h2,5-9H2,1,3-4H3,(H,17,20,21). The van der Waals surface area contributed by atoms with E-state index in [1.165, 1.54) is 4.57 Å². The van der Waals surface area contributed by atoms with Crippen LogP contribution >= 0.6 is 11.8 Å². The Bertz CT molecular complexity index is 800. The minimum absolute atomic E-state index is 0.371. The molecule has 2 rings (SSSR count). The van der Waals surface area contributed by atoms with Gasteiger partial charge in [-0.2, -0.15) is 0 Å². The second kappa shape index (κ2) is 7.00. The zero-order valence-electron chi connectivity index (χ0n) is 13.3. The number of unbranched alkanes of at least 4 members (excludes halogenated alkanes) is 2. The Morgan fingerprint density at radius 3 is 2.73 bits per heavy atom. The van der Waals surface area contributed by atoms with Crippen LogP contribution in [0.3, 0.4) is 0 Å². The molecule has 22 heavy (non-hydrogen) atoms. The maximum absolute atomic E-state index is 12.2. The zero-order valence-corrected chi connectivity index (χ0v) is 14.1. The van der Waals surface area contributed by atoms with Crippen molar-refractivity contribution >= 4 is 22.9 Å². The highest BCUT2D eigenvalue weighted by molar-refractivity contribution is 7.99. The lowest BCUT2D eigenvalue weighted by Gasteiger charge is -2.08. The van der Waals surface area contributed by atoms with E-state index in [0.717, 1.165) is 42.3 Å². The van der Waals surface area contributed by atoms with E-state index in [2.05, 4.69) is 23.5 Å². The van der Waals surface area contributed by atoms with Gasteiger partial charge in [0.2, 0.25) is 0 Å². The molecule has 120 valence electrons. The number of hydrogen-bond donors (Lipinski definition) is 1. The molecular weight excluding hydrogens is 300 g/mol. The number of imidazole rings is 1. The summed E-state index contributed by atoms with van der Waals surface area (Å²) >= 11 is 1.55. The zero-order chi connectivity index (χ0) is 16.3. The topological polar surface area (TPSA) is 72.7 Å². The first-order valence-electron chi connectivity index (χ1n) is 7.42. The molecule has 0 unspecified atom stereocenters. The van der Waals surface area contributed by atoms with Gasteiger partial charge in [0, 0.05) is 19.3 Å². The highest BCUT2D eigenvalue weighted by Crippen LogP contribution is 2.23. The van der Waals surface area contributed by atoms with Crippen LogP contribution in [0.25, 0.3) is 11.2 Å². The third kappa shape index (κ3) is 3.35. The summed E-state index contributed by atoms with van der Waals surface area (Å²) < 4.78 is 3.31. The van der Waals surface area contributed by atoms with Gasteiger partial charge in [0.25, 0.3) is 5.56 Å².